The molecular weight excluding hydrogens is 214 g/mol. The van der Waals surface area contributed by atoms with Gasteiger partial charge in [-0.2, -0.15) is 5.10 Å². The Morgan fingerprint density at radius 2 is 1.94 bits per heavy atom. The lowest BCUT2D eigenvalue weighted by molar-refractivity contribution is 0.0904. The van der Waals surface area contributed by atoms with Gasteiger partial charge in [-0.25, -0.2) is 0 Å². The molecule has 0 aromatic carbocycles. The molecule has 0 unspecified atom stereocenters. The first-order valence-electron chi connectivity index (χ1n) is 6.49. The van der Waals surface area contributed by atoms with Gasteiger partial charge in [0.15, 0.2) is 0 Å². The van der Waals surface area contributed by atoms with Gasteiger partial charge in [-0.3, -0.25) is 4.68 Å². The van der Waals surface area contributed by atoms with Crippen molar-refractivity contribution in [3.05, 3.63) is 11.4 Å². The van der Waals surface area contributed by atoms with Crippen molar-refractivity contribution in [2.24, 2.45) is 0 Å². The molecular formula is C13H23N3O. The molecule has 1 aromatic heterocycles. The van der Waals surface area contributed by atoms with E-state index in [1.807, 2.05) is 0 Å². The lowest BCUT2D eigenvalue weighted by Crippen LogP contribution is -2.28. The molecule has 1 saturated heterocycles. The quantitative estimate of drug-likeness (QED) is 0.878. The fourth-order valence-corrected chi connectivity index (χ4v) is 2.42. The number of nitrogens with zero attached hydrogens (tertiary/aromatic N) is 2. The Bertz CT molecular complexity index is 378. The van der Waals surface area contributed by atoms with Gasteiger partial charge in [0.1, 0.15) is 0 Å². The minimum atomic E-state index is 0.416. The third-order valence-electron chi connectivity index (χ3n) is 3.38. The van der Waals surface area contributed by atoms with Crippen LogP contribution in [0.4, 0.5) is 5.69 Å². The Labute approximate surface area is 103 Å². The van der Waals surface area contributed by atoms with Crippen LogP contribution in [0.3, 0.4) is 0 Å². The largest absolute Gasteiger partial charge is 0.381 e. The molecule has 1 fully saturated rings. The van der Waals surface area contributed by atoms with Crippen molar-refractivity contribution in [1.82, 2.24) is 9.78 Å². The van der Waals surface area contributed by atoms with Crippen molar-refractivity contribution in [3.63, 3.8) is 0 Å². The second-order valence-electron chi connectivity index (χ2n) is 5.12. The minimum absolute atomic E-state index is 0.416. The van der Waals surface area contributed by atoms with Gasteiger partial charge in [-0.05, 0) is 40.5 Å². The molecule has 17 heavy (non-hydrogen) atoms. The van der Waals surface area contributed by atoms with Crippen LogP contribution in [0.25, 0.3) is 0 Å². The highest BCUT2D eigenvalue weighted by Gasteiger charge is 2.18. The zero-order chi connectivity index (χ0) is 12.4. The summed E-state index contributed by atoms with van der Waals surface area (Å²) < 4.78 is 7.47. The van der Waals surface area contributed by atoms with Crippen LogP contribution in [0.2, 0.25) is 0 Å². The van der Waals surface area contributed by atoms with Gasteiger partial charge >= 0.3 is 0 Å². The van der Waals surface area contributed by atoms with Crippen molar-refractivity contribution in [1.29, 1.82) is 0 Å². The number of aryl methyl sites for hydroxylation is 1. The van der Waals surface area contributed by atoms with Crippen LogP contribution in [-0.2, 0) is 4.74 Å². The van der Waals surface area contributed by atoms with Gasteiger partial charge in [0.05, 0.1) is 17.1 Å². The third-order valence-corrected chi connectivity index (χ3v) is 3.38. The highest BCUT2D eigenvalue weighted by atomic mass is 16.5. The fraction of sp³-hybridized carbons (Fsp3) is 0.769. The van der Waals surface area contributed by atoms with Crippen LogP contribution in [-0.4, -0.2) is 29.0 Å². The lowest BCUT2D eigenvalue weighted by atomic mass is 10.1. The highest BCUT2D eigenvalue weighted by Crippen LogP contribution is 2.24. The van der Waals surface area contributed by atoms with E-state index in [1.165, 1.54) is 11.4 Å². The fourth-order valence-electron chi connectivity index (χ4n) is 2.42. The van der Waals surface area contributed by atoms with Gasteiger partial charge in [0.2, 0.25) is 0 Å². The Hall–Kier alpha value is -1.03. The molecule has 0 bridgehead atoms. The predicted molar refractivity (Wildman–Crippen MR) is 69.5 cm³/mol. The van der Waals surface area contributed by atoms with Gasteiger partial charge in [0, 0.05) is 25.3 Å². The molecule has 0 saturated carbocycles. The molecule has 4 nitrogen and oxygen atoms in total. The number of hydrogen-bond acceptors (Lipinski definition) is 3. The van der Waals surface area contributed by atoms with Gasteiger partial charge in [0.25, 0.3) is 0 Å². The smallest absolute Gasteiger partial charge is 0.0828 e. The summed E-state index contributed by atoms with van der Waals surface area (Å²) in [4.78, 5) is 0. The van der Waals surface area contributed by atoms with E-state index in [0.29, 0.717) is 12.1 Å². The summed E-state index contributed by atoms with van der Waals surface area (Å²) in [7, 11) is 0. The first-order valence-corrected chi connectivity index (χ1v) is 6.49. The van der Waals surface area contributed by atoms with E-state index in [1.54, 1.807) is 0 Å². The van der Waals surface area contributed by atoms with E-state index < -0.39 is 0 Å². The maximum Gasteiger partial charge on any atom is 0.0828 e. The maximum absolute atomic E-state index is 5.38. The van der Waals surface area contributed by atoms with Crippen LogP contribution in [0.15, 0.2) is 0 Å². The highest BCUT2D eigenvalue weighted by molar-refractivity contribution is 5.53. The van der Waals surface area contributed by atoms with Crippen molar-refractivity contribution in [3.8, 4) is 0 Å². The van der Waals surface area contributed by atoms with Crippen LogP contribution in [0, 0.1) is 13.8 Å². The molecule has 0 amide bonds. The van der Waals surface area contributed by atoms with Crippen molar-refractivity contribution < 1.29 is 4.74 Å². The van der Waals surface area contributed by atoms with E-state index in [0.717, 1.165) is 31.7 Å². The van der Waals surface area contributed by atoms with Gasteiger partial charge in [-0.1, -0.05) is 0 Å². The second-order valence-corrected chi connectivity index (χ2v) is 5.12. The SMILES string of the molecule is Cc1nn(C(C)C)c(C)c1NC1CCOCC1. The average molecular weight is 237 g/mol. The topological polar surface area (TPSA) is 39.1 Å². The Morgan fingerprint density at radius 1 is 1.29 bits per heavy atom. The first-order chi connectivity index (χ1) is 8.09. The molecule has 0 radical (unpaired) electrons. The summed E-state index contributed by atoms with van der Waals surface area (Å²) in [5, 5.41) is 8.23. The number of nitrogens with one attached hydrogen (secondary N) is 1. The molecule has 2 rings (SSSR count). The van der Waals surface area contributed by atoms with E-state index in [-0.39, 0.29) is 0 Å². The molecule has 1 N–H and O–H groups in total. The van der Waals surface area contributed by atoms with E-state index in [2.05, 4.69) is 42.8 Å². The second kappa shape index (κ2) is 5.08. The van der Waals surface area contributed by atoms with Crippen LogP contribution in [0.5, 0.6) is 0 Å². The van der Waals surface area contributed by atoms with Crippen LogP contribution >= 0.6 is 0 Å². The molecule has 0 spiro atoms. The van der Waals surface area contributed by atoms with Crippen molar-refractivity contribution in [2.75, 3.05) is 18.5 Å². The van der Waals surface area contributed by atoms with Crippen molar-refractivity contribution >= 4 is 5.69 Å². The lowest BCUT2D eigenvalue weighted by Gasteiger charge is -2.24. The molecule has 1 aliphatic rings. The zero-order valence-electron chi connectivity index (χ0n) is 11.3. The molecule has 1 aliphatic heterocycles. The molecule has 4 heteroatoms. The molecule has 2 heterocycles. The Morgan fingerprint density at radius 3 is 2.47 bits per heavy atom. The van der Waals surface area contributed by atoms with E-state index in [4.69, 9.17) is 4.74 Å². The monoisotopic (exact) mass is 237 g/mol. The van der Waals surface area contributed by atoms with Crippen LogP contribution < -0.4 is 5.32 Å². The normalized spacial score (nSPS) is 17.7. The van der Waals surface area contributed by atoms with Gasteiger partial charge < -0.3 is 10.1 Å². The third kappa shape index (κ3) is 2.63. The number of aromatic nitrogens is 2. The van der Waals surface area contributed by atoms with E-state index >= 15 is 0 Å². The average Bonchev–Trinajstić information content (AvgIpc) is 2.58. The predicted octanol–water partition coefficient (Wildman–Crippen LogP) is 2.67. The van der Waals surface area contributed by atoms with Crippen molar-refractivity contribution in [2.45, 2.75) is 52.6 Å². The minimum Gasteiger partial charge on any atom is -0.381 e. The Balaban J connectivity index is 2.14. The summed E-state index contributed by atoms with van der Waals surface area (Å²) in [6.45, 7) is 10.3. The zero-order valence-corrected chi connectivity index (χ0v) is 11.3. The number of ether oxygens (including phenoxy) is 1. The molecule has 0 aliphatic carbocycles. The first kappa shape index (κ1) is 12.4. The number of rotatable bonds is 3. The number of hydrogen-bond donors (Lipinski definition) is 1. The molecule has 0 atom stereocenters. The summed E-state index contributed by atoms with van der Waals surface area (Å²) in [5.74, 6) is 0. The summed E-state index contributed by atoms with van der Waals surface area (Å²) in [6, 6.07) is 0.949. The summed E-state index contributed by atoms with van der Waals surface area (Å²) in [5.41, 5.74) is 3.55. The Kier molecular flexibility index (Phi) is 3.72. The summed E-state index contributed by atoms with van der Waals surface area (Å²) in [6.07, 6.45) is 2.18. The maximum atomic E-state index is 5.38. The van der Waals surface area contributed by atoms with E-state index in [9.17, 15) is 0 Å². The summed E-state index contributed by atoms with van der Waals surface area (Å²) >= 11 is 0. The van der Waals surface area contributed by atoms with Crippen LogP contribution in [0.1, 0.15) is 44.1 Å². The number of anilines is 1. The van der Waals surface area contributed by atoms with Gasteiger partial charge in [-0.15, -0.1) is 0 Å². The molecule has 1 aromatic rings. The standard InChI is InChI=1S/C13H23N3O/c1-9(2)16-11(4)13(10(3)15-16)14-12-5-7-17-8-6-12/h9,12,14H,5-8H2,1-4H3. The molecule has 96 valence electrons.